The van der Waals surface area contributed by atoms with Crippen LogP contribution in [0.2, 0.25) is 0 Å². The zero-order chi connectivity index (χ0) is 13.5. The molecular weight excluding hydrogens is 282 g/mol. The molecule has 5 nitrogen and oxygen atoms in total. The predicted molar refractivity (Wildman–Crippen MR) is 75.6 cm³/mol. The van der Waals surface area contributed by atoms with E-state index >= 15 is 0 Å². The van der Waals surface area contributed by atoms with Crippen LogP contribution in [0.5, 0.6) is 0 Å². The average Bonchev–Trinajstić information content (AvgIpc) is 2.83. The smallest absolute Gasteiger partial charge is 0.270 e. The Labute approximate surface area is 116 Å². The van der Waals surface area contributed by atoms with E-state index in [1.54, 1.807) is 0 Å². The van der Waals surface area contributed by atoms with Crippen LogP contribution in [0.1, 0.15) is 12.8 Å². The van der Waals surface area contributed by atoms with Crippen molar-refractivity contribution < 1.29 is 8.42 Å². The maximum absolute atomic E-state index is 12.5. The zero-order valence-corrected chi connectivity index (χ0v) is 12.0. The van der Waals surface area contributed by atoms with E-state index in [0.29, 0.717) is 25.9 Å². The van der Waals surface area contributed by atoms with Crippen molar-refractivity contribution >= 4 is 31.6 Å². The Morgan fingerprint density at radius 3 is 2.63 bits per heavy atom. The topological polar surface area (TPSA) is 76.3 Å². The summed E-state index contributed by atoms with van der Waals surface area (Å²) in [4.78, 5) is 4.24. The molecule has 2 heterocycles. The van der Waals surface area contributed by atoms with Crippen molar-refractivity contribution in [3.8, 4) is 0 Å². The van der Waals surface area contributed by atoms with Gasteiger partial charge in [-0.25, -0.2) is 13.4 Å². The second-order valence-corrected chi connectivity index (χ2v) is 7.83. The standard InChI is InChI=1S/C12H15N3O2S2/c13-9-5-7-15(8-6-9)19(16,17)12-14-10-3-1-2-4-11(10)18-12/h1-4,9H,5-8,13H2. The Hall–Kier alpha value is -1.02. The lowest BCUT2D eigenvalue weighted by molar-refractivity contribution is 0.320. The molecule has 0 saturated carbocycles. The molecular formula is C12H15N3O2S2. The highest BCUT2D eigenvalue weighted by Gasteiger charge is 2.30. The first-order valence-electron chi connectivity index (χ1n) is 6.19. The summed E-state index contributed by atoms with van der Waals surface area (Å²) in [5, 5.41) is 0. The van der Waals surface area contributed by atoms with Crippen LogP contribution in [0.4, 0.5) is 0 Å². The van der Waals surface area contributed by atoms with Crippen LogP contribution < -0.4 is 5.73 Å². The summed E-state index contributed by atoms with van der Waals surface area (Å²) in [5.74, 6) is 0. The highest BCUT2D eigenvalue weighted by molar-refractivity contribution is 7.91. The Balaban J connectivity index is 1.95. The zero-order valence-electron chi connectivity index (χ0n) is 10.3. The molecule has 1 aromatic heterocycles. The molecule has 1 aliphatic rings. The molecule has 2 aromatic rings. The quantitative estimate of drug-likeness (QED) is 0.909. The summed E-state index contributed by atoms with van der Waals surface area (Å²) in [6.45, 7) is 0.971. The molecule has 7 heteroatoms. The number of rotatable bonds is 2. The average molecular weight is 297 g/mol. The minimum absolute atomic E-state index is 0.113. The van der Waals surface area contributed by atoms with Gasteiger partial charge in [-0.2, -0.15) is 4.31 Å². The molecule has 1 fully saturated rings. The van der Waals surface area contributed by atoms with Crippen LogP contribution in [-0.2, 0) is 10.0 Å². The minimum atomic E-state index is -3.46. The SMILES string of the molecule is NC1CCN(S(=O)(=O)c2nc3ccccc3s2)CC1. The highest BCUT2D eigenvalue weighted by atomic mass is 32.2. The fourth-order valence-corrected chi connectivity index (χ4v) is 5.02. The van der Waals surface area contributed by atoms with E-state index in [2.05, 4.69) is 4.98 Å². The van der Waals surface area contributed by atoms with Crippen LogP contribution in [0.15, 0.2) is 28.6 Å². The lowest BCUT2D eigenvalue weighted by Gasteiger charge is -2.28. The first-order chi connectivity index (χ1) is 9.07. The highest BCUT2D eigenvalue weighted by Crippen LogP contribution is 2.28. The normalized spacial score (nSPS) is 19.0. The summed E-state index contributed by atoms with van der Waals surface area (Å²) in [6.07, 6.45) is 1.42. The van der Waals surface area contributed by atoms with Gasteiger partial charge in [0.25, 0.3) is 10.0 Å². The predicted octanol–water partition coefficient (Wildman–Crippen LogP) is 1.41. The molecule has 19 heavy (non-hydrogen) atoms. The lowest BCUT2D eigenvalue weighted by atomic mass is 10.1. The van der Waals surface area contributed by atoms with Crippen molar-refractivity contribution in [3.63, 3.8) is 0 Å². The number of hydrogen-bond donors (Lipinski definition) is 1. The van der Waals surface area contributed by atoms with Crippen LogP contribution in [0.25, 0.3) is 10.2 Å². The maximum atomic E-state index is 12.5. The Kier molecular flexibility index (Phi) is 3.30. The third-order valence-electron chi connectivity index (χ3n) is 3.33. The van der Waals surface area contributed by atoms with Gasteiger partial charge in [-0.1, -0.05) is 12.1 Å². The van der Waals surface area contributed by atoms with Crippen molar-refractivity contribution in [1.82, 2.24) is 9.29 Å². The number of fused-ring (bicyclic) bond motifs is 1. The van der Waals surface area contributed by atoms with E-state index in [4.69, 9.17) is 5.73 Å². The molecule has 1 aliphatic heterocycles. The molecule has 1 saturated heterocycles. The van der Waals surface area contributed by atoms with E-state index in [1.165, 1.54) is 15.6 Å². The van der Waals surface area contributed by atoms with Crippen molar-refractivity contribution in [2.45, 2.75) is 23.2 Å². The summed E-state index contributed by atoms with van der Waals surface area (Å²) in [7, 11) is -3.46. The molecule has 0 unspecified atom stereocenters. The molecule has 102 valence electrons. The molecule has 0 amide bonds. The summed E-state index contributed by atoms with van der Waals surface area (Å²) in [5.41, 5.74) is 6.54. The summed E-state index contributed by atoms with van der Waals surface area (Å²) in [6, 6.07) is 7.58. The first kappa shape index (κ1) is 13.0. The molecule has 0 aliphatic carbocycles. The van der Waals surface area contributed by atoms with Gasteiger partial charge in [0.15, 0.2) is 0 Å². The van der Waals surface area contributed by atoms with Crippen LogP contribution >= 0.6 is 11.3 Å². The number of benzene rings is 1. The molecule has 0 spiro atoms. The fraction of sp³-hybridized carbons (Fsp3) is 0.417. The fourth-order valence-electron chi connectivity index (χ4n) is 2.19. The third kappa shape index (κ3) is 2.38. The minimum Gasteiger partial charge on any atom is -0.328 e. The number of nitrogens with two attached hydrogens (primary N) is 1. The maximum Gasteiger partial charge on any atom is 0.270 e. The van der Waals surface area contributed by atoms with Gasteiger partial charge >= 0.3 is 0 Å². The van der Waals surface area contributed by atoms with E-state index in [0.717, 1.165) is 10.2 Å². The number of aromatic nitrogens is 1. The Morgan fingerprint density at radius 1 is 1.26 bits per heavy atom. The second-order valence-electron chi connectivity index (χ2n) is 4.69. The number of hydrogen-bond acceptors (Lipinski definition) is 5. The van der Waals surface area contributed by atoms with Crippen molar-refractivity contribution in [2.24, 2.45) is 5.73 Å². The van der Waals surface area contributed by atoms with Gasteiger partial charge < -0.3 is 5.73 Å². The molecule has 0 atom stereocenters. The number of para-hydroxylation sites is 1. The van der Waals surface area contributed by atoms with Crippen LogP contribution in [-0.4, -0.2) is 36.8 Å². The Morgan fingerprint density at radius 2 is 1.95 bits per heavy atom. The lowest BCUT2D eigenvalue weighted by Crippen LogP contribution is -2.42. The van der Waals surface area contributed by atoms with Gasteiger partial charge in [-0.05, 0) is 25.0 Å². The number of sulfonamides is 1. The van der Waals surface area contributed by atoms with Crippen LogP contribution in [0, 0.1) is 0 Å². The van der Waals surface area contributed by atoms with E-state index < -0.39 is 10.0 Å². The molecule has 0 bridgehead atoms. The Bertz CT molecular complexity index is 655. The third-order valence-corrected chi connectivity index (χ3v) is 6.62. The number of thiazole rings is 1. The monoisotopic (exact) mass is 297 g/mol. The van der Waals surface area contributed by atoms with Crippen molar-refractivity contribution in [2.75, 3.05) is 13.1 Å². The molecule has 2 N–H and O–H groups in total. The van der Waals surface area contributed by atoms with Gasteiger partial charge in [-0.3, -0.25) is 0 Å². The van der Waals surface area contributed by atoms with Crippen molar-refractivity contribution in [1.29, 1.82) is 0 Å². The number of piperidine rings is 1. The van der Waals surface area contributed by atoms with E-state index in [1.807, 2.05) is 24.3 Å². The number of nitrogens with zero attached hydrogens (tertiary/aromatic N) is 2. The van der Waals surface area contributed by atoms with Gasteiger partial charge in [0.1, 0.15) is 0 Å². The largest absolute Gasteiger partial charge is 0.328 e. The molecule has 0 radical (unpaired) electrons. The van der Waals surface area contributed by atoms with Gasteiger partial charge in [0, 0.05) is 19.1 Å². The second kappa shape index (κ2) is 4.82. The van der Waals surface area contributed by atoms with Gasteiger partial charge in [0.2, 0.25) is 4.34 Å². The summed E-state index contributed by atoms with van der Waals surface area (Å²) >= 11 is 1.23. The molecule has 1 aromatic carbocycles. The van der Waals surface area contributed by atoms with Gasteiger partial charge in [-0.15, -0.1) is 11.3 Å². The van der Waals surface area contributed by atoms with Gasteiger partial charge in [0.05, 0.1) is 10.2 Å². The van der Waals surface area contributed by atoms with E-state index in [-0.39, 0.29) is 10.4 Å². The van der Waals surface area contributed by atoms with Crippen LogP contribution in [0.3, 0.4) is 0 Å². The molecule has 3 rings (SSSR count). The van der Waals surface area contributed by atoms with Crippen molar-refractivity contribution in [3.05, 3.63) is 24.3 Å². The first-order valence-corrected chi connectivity index (χ1v) is 8.44. The van der Waals surface area contributed by atoms with E-state index in [9.17, 15) is 8.42 Å². The summed E-state index contributed by atoms with van der Waals surface area (Å²) < 4.78 is 27.6.